The molecule has 1 aliphatic carbocycles. The van der Waals surface area contributed by atoms with Crippen molar-refractivity contribution in [3.05, 3.63) is 22.9 Å². The molecule has 0 unspecified atom stereocenters. The Morgan fingerprint density at radius 1 is 1.48 bits per heavy atom. The van der Waals surface area contributed by atoms with E-state index in [9.17, 15) is 17.6 Å². The molecule has 0 radical (unpaired) electrons. The third kappa shape index (κ3) is 3.92. The van der Waals surface area contributed by atoms with Crippen LogP contribution in [0.5, 0.6) is 5.88 Å². The number of alkyl halides is 1. The molecule has 2 heterocycles. The van der Waals surface area contributed by atoms with Crippen molar-refractivity contribution in [3.63, 3.8) is 0 Å². The van der Waals surface area contributed by atoms with Gasteiger partial charge in [-0.3, -0.25) is 4.79 Å². The molecule has 1 aromatic rings. The lowest BCUT2D eigenvalue weighted by Crippen LogP contribution is -2.43. The SMILES string of the molecule is COc1nc2c(cc1C(=O)N1C[C@@H](F)C[C@H]1CNS(C)(=O)=O)CCC2. The molecule has 9 heteroatoms. The molecule has 1 aromatic heterocycles. The molecular weight excluding hydrogens is 349 g/mol. The standard InChI is InChI=1S/C16H22FN3O4S/c1-24-15-13(6-10-4-3-5-14(10)19-15)16(21)20-9-11(17)7-12(20)8-18-25(2,22)23/h6,11-12,18H,3-5,7-9H2,1-2H3/t11-,12-/m0/s1. The number of sulfonamides is 1. The van der Waals surface area contributed by atoms with Crippen LogP contribution in [0.3, 0.4) is 0 Å². The fraction of sp³-hybridized carbons (Fsp3) is 0.625. The second-order valence-electron chi connectivity index (χ2n) is 6.57. The fourth-order valence-electron chi connectivity index (χ4n) is 3.47. The summed E-state index contributed by atoms with van der Waals surface area (Å²) in [5.74, 6) is -0.137. The molecule has 1 fully saturated rings. The summed E-state index contributed by atoms with van der Waals surface area (Å²) in [4.78, 5) is 18.8. The molecule has 2 atom stereocenters. The number of hydrogen-bond donors (Lipinski definition) is 1. The van der Waals surface area contributed by atoms with Gasteiger partial charge in [0.15, 0.2) is 0 Å². The largest absolute Gasteiger partial charge is 0.480 e. The number of carbonyl (C=O) groups is 1. The summed E-state index contributed by atoms with van der Waals surface area (Å²) in [6.07, 6.45) is 2.67. The van der Waals surface area contributed by atoms with Crippen LogP contribution < -0.4 is 9.46 Å². The molecule has 1 saturated heterocycles. The minimum atomic E-state index is -3.41. The number of hydrogen-bond acceptors (Lipinski definition) is 5. The van der Waals surface area contributed by atoms with E-state index in [4.69, 9.17) is 4.74 Å². The first-order chi connectivity index (χ1) is 11.8. The highest BCUT2D eigenvalue weighted by Crippen LogP contribution is 2.30. The number of aromatic nitrogens is 1. The molecule has 0 saturated carbocycles. The van der Waals surface area contributed by atoms with Crippen LogP contribution in [-0.4, -0.2) is 62.9 Å². The van der Waals surface area contributed by atoms with Crippen molar-refractivity contribution in [1.82, 2.24) is 14.6 Å². The van der Waals surface area contributed by atoms with E-state index in [0.717, 1.165) is 36.8 Å². The molecule has 25 heavy (non-hydrogen) atoms. The molecule has 1 aliphatic heterocycles. The van der Waals surface area contributed by atoms with Crippen LogP contribution in [0.4, 0.5) is 4.39 Å². The van der Waals surface area contributed by atoms with Crippen molar-refractivity contribution < 1.29 is 22.3 Å². The average molecular weight is 371 g/mol. The summed E-state index contributed by atoms with van der Waals surface area (Å²) in [5.41, 5.74) is 2.26. The van der Waals surface area contributed by atoms with Crippen LogP contribution in [0.25, 0.3) is 0 Å². The molecule has 0 spiro atoms. The maximum Gasteiger partial charge on any atom is 0.259 e. The minimum Gasteiger partial charge on any atom is -0.480 e. The smallest absolute Gasteiger partial charge is 0.259 e. The number of methoxy groups -OCH3 is 1. The number of aryl methyl sites for hydroxylation is 2. The van der Waals surface area contributed by atoms with Crippen LogP contribution in [-0.2, 0) is 22.9 Å². The number of likely N-dealkylation sites (tertiary alicyclic amines) is 1. The van der Waals surface area contributed by atoms with Gasteiger partial charge in [0.25, 0.3) is 5.91 Å². The summed E-state index contributed by atoms with van der Waals surface area (Å²) in [7, 11) is -1.96. The third-order valence-corrected chi connectivity index (χ3v) is 5.34. The topological polar surface area (TPSA) is 88.6 Å². The van der Waals surface area contributed by atoms with Crippen LogP contribution in [0.1, 0.15) is 34.5 Å². The Hall–Kier alpha value is -1.74. The normalized spacial score (nSPS) is 22.9. The van der Waals surface area contributed by atoms with Crippen molar-refractivity contribution in [1.29, 1.82) is 0 Å². The number of carbonyl (C=O) groups excluding carboxylic acids is 1. The quantitative estimate of drug-likeness (QED) is 0.822. The Morgan fingerprint density at radius 3 is 2.92 bits per heavy atom. The number of ether oxygens (including phenoxy) is 1. The van der Waals surface area contributed by atoms with E-state index in [1.807, 2.05) is 0 Å². The maximum atomic E-state index is 13.9. The summed E-state index contributed by atoms with van der Waals surface area (Å²) in [5, 5.41) is 0. The summed E-state index contributed by atoms with van der Waals surface area (Å²) < 4.78 is 44.1. The first kappa shape index (κ1) is 18.1. The van der Waals surface area contributed by atoms with Crippen molar-refractivity contribution in [2.45, 2.75) is 37.9 Å². The summed E-state index contributed by atoms with van der Waals surface area (Å²) in [6, 6.07) is 1.25. The monoisotopic (exact) mass is 371 g/mol. The van der Waals surface area contributed by atoms with Gasteiger partial charge in [0.1, 0.15) is 11.7 Å². The van der Waals surface area contributed by atoms with Crippen LogP contribution in [0.15, 0.2) is 6.07 Å². The summed E-state index contributed by atoms with van der Waals surface area (Å²) in [6.45, 7) is -0.0686. The van der Waals surface area contributed by atoms with Gasteiger partial charge >= 0.3 is 0 Å². The first-order valence-corrected chi connectivity index (χ1v) is 10.1. The Morgan fingerprint density at radius 2 is 2.24 bits per heavy atom. The van der Waals surface area contributed by atoms with E-state index in [1.165, 1.54) is 12.0 Å². The molecule has 138 valence electrons. The number of amides is 1. The van der Waals surface area contributed by atoms with Gasteiger partial charge in [-0.25, -0.2) is 22.5 Å². The van der Waals surface area contributed by atoms with Gasteiger partial charge in [-0.15, -0.1) is 0 Å². The first-order valence-electron chi connectivity index (χ1n) is 8.25. The molecule has 3 rings (SSSR count). The minimum absolute atomic E-state index is 0.00826. The van der Waals surface area contributed by atoms with Crippen LogP contribution in [0, 0.1) is 0 Å². The van der Waals surface area contributed by atoms with Gasteiger partial charge in [-0.05, 0) is 30.9 Å². The zero-order valence-corrected chi connectivity index (χ0v) is 15.1. The molecule has 2 aliphatic rings. The Labute approximate surface area is 146 Å². The van der Waals surface area contributed by atoms with E-state index in [2.05, 4.69) is 9.71 Å². The van der Waals surface area contributed by atoms with Crippen LogP contribution >= 0.6 is 0 Å². The summed E-state index contributed by atoms with van der Waals surface area (Å²) >= 11 is 0. The van der Waals surface area contributed by atoms with Gasteiger partial charge in [0.2, 0.25) is 15.9 Å². The number of fused-ring (bicyclic) bond motifs is 1. The predicted octanol–water partition coefficient (Wildman–Crippen LogP) is 0.681. The van der Waals surface area contributed by atoms with Crippen molar-refractivity contribution in [3.8, 4) is 5.88 Å². The molecular formula is C16H22FN3O4S. The van der Waals surface area contributed by atoms with E-state index in [0.29, 0.717) is 5.56 Å². The number of nitrogens with one attached hydrogen (secondary N) is 1. The van der Waals surface area contributed by atoms with Gasteiger partial charge in [-0.1, -0.05) is 0 Å². The van der Waals surface area contributed by atoms with Gasteiger partial charge in [0, 0.05) is 24.7 Å². The van der Waals surface area contributed by atoms with Crippen molar-refractivity contribution >= 4 is 15.9 Å². The number of nitrogens with zero attached hydrogens (tertiary/aromatic N) is 2. The highest BCUT2D eigenvalue weighted by Gasteiger charge is 2.37. The highest BCUT2D eigenvalue weighted by atomic mass is 32.2. The molecule has 1 amide bonds. The lowest BCUT2D eigenvalue weighted by atomic mass is 10.1. The average Bonchev–Trinajstić information content (AvgIpc) is 3.15. The third-order valence-electron chi connectivity index (χ3n) is 4.65. The molecule has 1 N–H and O–H groups in total. The lowest BCUT2D eigenvalue weighted by Gasteiger charge is -2.25. The maximum absolute atomic E-state index is 13.9. The number of halogens is 1. The van der Waals surface area contributed by atoms with Gasteiger partial charge in [0.05, 0.1) is 19.9 Å². The second-order valence-corrected chi connectivity index (χ2v) is 8.40. The number of rotatable bonds is 5. The molecule has 7 nitrogen and oxygen atoms in total. The van der Waals surface area contributed by atoms with Crippen molar-refractivity contribution in [2.75, 3.05) is 26.5 Å². The Kier molecular flexibility index (Phi) is 4.97. The van der Waals surface area contributed by atoms with Gasteiger partial charge < -0.3 is 9.64 Å². The predicted molar refractivity (Wildman–Crippen MR) is 90.0 cm³/mol. The van der Waals surface area contributed by atoms with E-state index < -0.39 is 22.2 Å². The van der Waals surface area contributed by atoms with Crippen LogP contribution in [0.2, 0.25) is 0 Å². The Balaban J connectivity index is 1.86. The van der Waals surface area contributed by atoms with E-state index in [1.54, 1.807) is 6.07 Å². The zero-order valence-electron chi connectivity index (χ0n) is 14.3. The Bertz CT molecular complexity index is 784. The highest BCUT2D eigenvalue weighted by molar-refractivity contribution is 7.88. The van der Waals surface area contributed by atoms with E-state index in [-0.39, 0.29) is 31.3 Å². The lowest BCUT2D eigenvalue weighted by molar-refractivity contribution is 0.0727. The zero-order chi connectivity index (χ0) is 18.2. The van der Waals surface area contributed by atoms with Gasteiger partial charge in [-0.2, -0.15) is 0 Å². The van der Waals surface area contributed by atoms with E-state index >= 15 is 0 Å². The van der Waals surface area contributed by atoms with Crippen molar-refractivity contribution in [2.24, 2.45) is 0 Å². The second kappa shape index (κ2) is 6.87. The fourth-order valence-corrected chi connectivity index (χ4v) is 3.96. The molecule has 0 aromatic carbocycles. The number of pyridine rings is 1. The molecule has 0 bridgehead atoms.